The van der Waals surface area contributed by atoms with E-state index in [1.54, 1.807) is 0 Å². The second kappa shape index (κ2) is 6.39. The van der Waals surface area contributed by atoms with Gasteiger partial charge in [0.25, 0.3) is 5.91 Å². The molecule has 2 fully saturated rings. The number of rotatable bonds is 2. The molecule has 2 heterocycles. The molecule has 2 aliphatic heterocycles. The molecule has 0 bridgehead atoms. The Morgan fingerprint density at radius 2 is 2.19 bits per heavy atom. The van der Waals surface area contributed by atoms with Crippen molar-refractivity contribution in [3.63, 3.8) is 0 Å². The Morgan fingerprint density at radius 3 is 2.75 bits per heavy atom. The standard InChI is InChI=1S/C10H18N2O3.ClH/c1-7-8(2-4-14-7)12-10(13)9-6-11-3-5-15-9;/h7-9,11H,2-6H2,1H3,(H,12,13);1H/t7?,8?,9-;/m1./s1. The second-order valence-corrected chi connectivity index (χ2v) is 4.04. The Labute approximate surface area is 102 Å². The highest BCUT2D eigenvalue weighted by Crippen LogP contribution is 2.12. The lowest BCUT2D eigenvalue weighted by molar-refractivity contribution is -0.135. The van der Waals surface area contributed by atoms with Gasteiger partial charge in [0.15, 0.2) is 0 Å². The number of hydrogen-bond acceptors (Lipinski definition) is 4. The van der Waals surface area contributed by atoms with Crippen molar-refractivity contribution in [1.82, 2.24) is 10.6 Å². The van der Waals surface area contributed by atoms with Gasteiger partial charge in [-0.05, 0) is 13.3 Å². The van der Waals surface area contributed by atoms with E-state index in [2.05, 4.69) is 10.6 Å². The van der Waals surface area contributed by atoms with Crippen LogP contribution in [0, 0.1) is 0 Å². The van der Waals surface area contributed by atoms with Crippen LogP contribution in [0.15, 0.2) is 0 Å². The number of halogens is 1. The average Bonchev–Trinajstić information content (AvgIpc) is 2.66. The van der Waals surface area contributed by atoms with Gasteiger partial charge in [0.1, 0.15) is 6.10 Å². The summed E-state index contributed by atoms with van der Waals surface area (Å²) in [6, 6.07) is 0.142. The fraction of sp³-hybridized carbons (Fsp3) is 0.900. The van der Waals surface area contributed by atoms with Crippen LogP contribution < -0.4 is 10.6 Å². The van der Waals surface area contributed by atoms with E-state index < -0.39 is 0 Å². The molecule has 0 radical (unpaired) electrons. The Bertz CT molecular complexity index is 234. The summed E-state index contributed by atoms with van der Waals surface area (Å²) in [5.74, 6) is -0.0236. The number of amides is 1. The van der Waals surface area contributed by atoms with Crippen molar-refractivity contribution in [2.45, 2.75) is 31.6 Å². The van der Waals surface area contributed by atoms with Crippen LogP contribution in [0.1, 0.15) is 13.3 Å². The fourth-order valence-electron chi connectivity index (χ4n) is 1.93. The van der Waals surface area contributed by atoms with Crippen LogP contribution in [0.3, 0.4) is 0 Å². The minimum absolute atomic E-state index is 0. The smallest absolute Gasteiger partial charge is 0.250 e. The summed E-state index contributed by atoms with van der Waals surface area (Å²) < 4.78 is 10.8. The van der Waals surface area contributed by atoms with Gasteiger partial charge in [-0.1, -0.05) is 0 Å². The molecule has 0 aromatic carbocycles. The van der Waals surface area contributed by atoms with E-state index in [9.17, 15) is 4.79 Å². The zero-order chi connectivity index (χ0) is 10.7. The third kappa shape index (κ3) is 3.31. The lowest BCUT2D eigenvalue weighted by Crippen LogP contribution is -2.51. The molecule has 2 unspecified atom stereocenters. The lowest BCUT2D eigenvalue weighted by atomic mass is 10.1. The molecule has 0 aromatic heterocycles. The van der Waals surface area contributed by atoms with E-state index in [0.29, 0.717) is 13.2 Å². The monoisotopic (exact) mass is 250 g/mol. The van der Waals surface area contributed by atoms with Gasteiger partial charge in [-0.15, -0.1) is 12.4 Å². The first kappa shape index (κ1) is 13.7. The fourth-order valence-corrected chi connectivity index (χ4v) is 1.93. The largest absolute Gasteiger partial charge is 0.376 e. The van der Waals surface area contributed by atoms with Crippen molar-refractivity contribution < 1.29 is 14.3 Å². The summed E-state index contributed by atoms with van der Waals surface area (Å²) in [6.45, 7) is 4.75. The topological polar surface area (TPSA) is 59.6 Å². The predicted octanol–water partition coefficient (Wildman–Crippen LogP) is -0.310. The predicted molar refractivity (Wildman–Crippen MR) is 61.8 cm³/mol. The maximum absolute atomic E-state index is 11.8. The highest BCUT2D eigenvalue weighted by Gasteiger charge is 2.29. The van der Waals surface area contributed by atoms with Crippen LogP contribution in [-0.4, -0.2) is 50.5 Å². The van der Waals surface area contributed by atoms with Crippen LogP contribution >= 0.6 is 12.4 Å². The first-order valence-electron chi connectivity index (χ1n) is 5.51. The maximum Gasteiger partial charge on any atom is 0.250 e. The molecular weight excluding hydrogens is 232 g/mol. The van der Waals surface area contributed by atoms with Crippen molar-refractivity contribution in [1.29, 1.82) is 0 Å². The molecule has 2 aliphatic rings. The molecule has 16 heavy (non-hydrogen) atoms. The van der Waals surface area contributed by atoms with E-state index in [1.807, 2.05) is 6.92 Å². The molecule has 0 aromatic rings. The number of carbonyl (C=O) groups excluding carboxylic acids is 1. The summed E-state index contributed by atoms with van der Waals surface area (Å²) >= 11 is 0. The number of nitrogens with one attached hydrogen (secondary N) is 2. The van der Waals surface area contributed by atoms with Crippen molar-refractivity contribution in [2.24, 2.45) is 0 Å². The summed E-state index contributed by atoms with van der Waals surface area (Å²) in [7, 11) is 0. The van der Waals surface area contributed by atoms with Crippen LogP contribution in [-0.2, 0) is 14.3 Å². The Morgan fingerprint density at radius 1 is 1.38 bits per heavy atom. The van der Waals surface area contributed by atoms with E-state index in [1.165, 1.54) is 0 Å². The maximum atomic E-state index is 11.8. The number of hydrogen-bond donors (Lipinski definition) is 2. The van der Waals surface area contributed by atoms with Crippen molar-refractivity contribution >= 4 is 18.3 Å². The van der Waals surface area contributed by atoms with Gasteiger partial charge in [0.2, 0.25) is 0 Å². The normalized spacial score (nSPS) is 34.2. The van der Waals surface area contributed by atoms with Gasteiger partial charge in [-0.25, -0.2) is 0 Å². The lowest BCUT2D eigenvalue weighted by Gasteiger charge is -2.25. The first-order chi connectivity index (χ1) is 7.27. The van der Waals surface area contributed by atoms with Crippen molar-refractivity contribution in [3.05, 3.63) is 0 Å². The van der Waals surface area contributed by atoms with Crippen molar-refractivity contribution in [2.75, 3.05) is 26.3 Å². The van der Waals surface area contributed by atoms with E-state index in [0.717, 1.165) is 19.6 Å². The molecule has 0 spiro atoms. The third-order valence-corrected chi connectivity index (χ3v) is 2.92. The summed E-state index contributed by atoms with van der Waals surface area (Å²) in [5, 5.41) is 6.10. The van der Waals surface area contributed by atoms with Crippen LogP contribution in [0.5, 0.6) is 0 Å². The highest BCUT2D eigenvalue weighted by atomic mass is 35.5. The Hall–Kier alpha value is -0.360. The van der Waals surface area contributed by atoms with Gasteiger partial charge in [-0.2, -0.15) is 0 Å². The van der Waals surface area contributed by atoms with Crippen LogP contribution in [0.4, 0.5) is 0 Å². The summed E-state index contributed by atoms with van der Waals surface area (Å²) in [5.41, 5.74) is 0. The molecule has 0 aliphatic carbocycles. The number of carbonyl (C=O) groups is 1. The van der Waals surface area contributed by atoms with Gasteiger partial charge in [0.05, 0.1) is 18.8 Å². The van der Waals surface area contributed by atoms with Gasteiger partial charge in [-0.3, -0.25) is 4.79 Å². The van der Waals surface area contributed by atoms with Gasteiger partial charge < -0.3 is 20.1 Å². The average molecular weight is 251 g/mol. The van der Waals surface area contributed by atoms with Gasteiger partial charge >= 0.3 is 0 Å². The number of ether oxygens (including phenoxy) is 2. The number of morpholine rings is 1. The molecule has 94 valence electrons. The third-order valence-electron chi connectivity index (χ3n) is 2.92. The minimum atomic E-state index is -0.341. The zero-order valence-corrected chi connectivity index (χ0v) is 10.2. The van der Waals surface area contributed by atoms with Crippen molar-refractivity contribution in [3.8, 4) is 0 Å². The molecular formula is C10H19ClN2O3. The molecule has 5 nitrogen and oxygen atoms in total. The minimum Gasteiger partial charge on any atom is -0.376 e. The van der Waals surface area contributed by atoms with E-state index in [-0.39, 0.29) is 36.6 Å². The highest BCUT2D eigenvalue weighted by molar-refractivity contribution is 5.85. The molecule has 1 amide bonds. The molecule has 0 saturated carbocycles. The molecule has 2 N–H and O–H groups in total. The molecule has 3 atom stereocenters. The van der Waals surface area contributed by atoms with Crippen LogP contribution in [0.25, 0.3) is 0 Å². The zero-order valence-electron chi connectivity index (χ0n) is 9.40. The summed E-state index contributed by atoms with van der Waals surface area (Å²) in [4.78, 5) is 11.8. The first-order valence-corrected chi connectivity index (χ1v) is 5.51. The van der Waals surface area contributed by atoms with E-state index >= 15 is 0 Å². The van der Waals surface area contributed by atoms with Gasteiger partial charge in [0, 0.05) is 19.7 Å². The quantitative estimate of drug-likeness (QED) is 0.706. The van der Waals surface area contributed by atoms with Crippen LogP contribution in [0.2, 0.25) is 0 Å². The SMILES string of the molecule is CC1OCCC1NC(=O)[C@H]1CNCCO1.Cl. The summed E-state index contributed by atoms with van der Waals surface area (Å²) in [6.07, 6.45) is 0.671. The Kier molecular flexibility index (Phi) is 5.48. The Balaban J connectivity index is 0.00000128. The molecule has 2 rings (SSSR count). The second-order valence-electron chi connectivity index (χ2n) is 4.04. The van der Waals surface area contributed by atoms with E-state index in [4.69, 9.17) is 9.47 Å². The molecule has 2 saturated heterocycles. The molecule has 6 heteroatoms.